The molecule has 1 rings (SSSR count). The van der Waals surface area contributed by atoms with E-state index in [1.807, 2.05) is 24.1 Å². The normalized spacial score (nSPS) is 10.3. The molecule has 19 heavy (non-hydrogen) atoms. The molecule has 0 aliphatic heterocycles. The molecule has 0 fully saturated rings. The molecule has 0 aromatic carbocycles. The second kappa shape index (κ2) is 8.51. The first-order chi connectivity index (χ1) is 9.22. The summed E-state index contributed by atoms with van der Waals surface area (Å²) in [5, 5.41) is 2.97. The van der Waals surface area contributed by atoms with Gasteiger partial charge in [0, 0.05) is 20.1 Å². The van der Waals surface area contributed by atoms with Crippen LogP contribution in [0.1, 0.15) is 50.0 Å². The minimum atomic E-state index is 0.0407. The van der Waals surface area contributed by atoms with Crippen LogP contribution in [0.3, 0.4) is 0 Å². The number of carbonyl (C=O) groups is 1. The van der Waals surface area contributed by atoms with Gasteiger partial charge in [-0.2, -0.15) is 0 Å². The van der Waals surface area contributed by atoms with Crippen LogP contribution in [0, 0.1) is 0 Å². The van der Waals surface area contributed by atoms with Crippen LogP contribution in [0.5, 0.6) is 0 Å². The standard InChI is InChI=1S/C15H25N3O/c1-4-6-11-18(12-7-5-2)15(19)13-9-8-10-14(16-3)17-13/h8-10H,4-7,11-12H2,1-3H3,(H,16,17). The number of anilines is 1. The SMILES string of the molecule is CCCCN(CCCC)C(=O)c1cccc(NC)n1. The molecule has 0 spiro atoms. The van der Waals surface area contributed by atoms with Gasteiger partial charge in [0.05, 0.1) is 0 Å². The van der Waals surface area contributed by atoms with Gasteiger partial charge in [-0.05, 0) is 25.0 Å². The van der Waals surface area contributed by atoms with E-state index in [9.17, 15) is 4.79 Å². The highest BCUT2D eigenvalue weighted by molar-refractivity contribution is 5.92. The Morgan fingerprint density at radius 3 is 2.37 bits per heavy atom. The van der Waals surface area contributed by atoms with Gasteiger partial charge in [-0.3, -0.25) is 4.79 Å². The molecule has 0 saturated carbocycles. The van der Waals surface area contributed by atoms with Crippen LogP contribution in [-0.2, 0) is 0 Å². The Hall–Kier alpha value is -1.58. The predicted molar refractivity (Wildman–Crippen MR) is 79.5 cm³/mol. The third-order valence-electron chi connectivity index (χ3n) is 3.07. The van der Waals surface area contributed by atoms with Crippen LogP contribution < -0.4 is 5.32 Å². The average Bonchev–Trinajstić information content (AvgIpc) is 2.47. The second-order valence-corrected chi connectivity index (χ2v) is 4.66. The van der Waals surface area contributed by atoms with Crippen molar-refractivity contribution in [1.82, 2.24) is 9.88 Å². The van der Waals surface area contributed by atoms with Crippen molar-refractivity contribution in [2.24, 2.45) is 0 Å². The van der Waals surface area contributed by atoms with E-state index in [0.29, 0.717) is 5.69 Å². The van der Waals surface area contributed by atoms with Gasteiger partial charge < -0.3 is 10.2 Å². The Morgan fingerprint density at radius 2 is 1.84 bits per heavy atom. The lowest BCUT2D eigenvalue weighted by molar-refractivity contribution is 0.0745. The summed E-state index contributed by atoms with van der Waals surface area (Å²) in [7, 11) is 1.81. The number of rotatable bonds is 8. The number of hydrogen-bond acceptors (Lipinski definition) is 3. The van der Waals surface area contributed by atoms with Gasteiger partial charge in [0.2, 0.25) is 0 Å². The molecule has 0 unspecified atom stereocenters. The van der Waals surface area contributed by atoms with Crippen LogP contribution >= 0.6 is 0 Å². The van der Waals surface area contributed by atoms with E-state index < -0.39 is 0 Å². The number of carbonyl (C=O) groups excluding carboxylic acids is 1. The molecule has 1 aromatic rings. The molecular formula is C15H25N3O. The van der Waals surface area contributed by atoms with Gasteiger partial charge in [-0.15, -0.1) is 0 Å². The molecule has 0 bridgehead atoms. The van der Waals surface area contributed by atoms with Crippen LogP contribution in [-0.4, -0.2) is 35.9 Å². The molecule has 0 radical (unpaired) electrons. The summed E-state index contributed by atoms with van der Waals surface area (Å²) >= 11 is 0. The number of nitrogens with zero attached hydrogens (tertiary/aromatic N) is 2. The minimum absolute atomic E-state index is 0.0407. The summed E-state index contributed by atoms with van der Waals surface area (Å²) in [6.07, 6.45) is 4.28. The summed E-state index contributed by atoms with van der Waals surface area (Å²) in [6, 6.07) is 5.51. The highest BCUT2D eigenvalue weighted by Crippen LogP contribution is 2.09. The molecule has 0 atom stereocenters. The Bertz CT molecular complexity index is 385. The number of unbranched alkanes of at least 4 members (excludes halogenated alkanes) is 2. The van der Waals surface area contributed by atoms with Crippen molar-refractivity contribution in [3.05, 3.63) is 23.9 Å². The molecular weight excluding hydrogens is 238 g/mol. The fraction of sp³-hybridized carbons (Fsp3) is 0.600. The molecule has 1 amide bonds. The van der Waals surface area contributed by atoms with Crippen molar-refractivity contribution in [3.8, 4) is 0 Å². The fourth-order valence-electron chi connectivity index (χ4n) is 1.87. The van der Waals surface area contributed by atoms with E-state index in [2.05, 4.69) is 24.1 Å². The highest BCUT2D eigenvalue weighted by atomic mass is 16.2. The van der Waals surface area contributed by atoms with Crippen molar-refractivity contribution in [1.29, 1.82) is 0 Å². The zero-order chi connectivity index (χ0) is 14.1. The highest BCUT2D eigenvalue weighted by Gasteiger charge is 2.16. The van der Waals surface area contributed by atoms with Crippen molar-refractivity contribution < 1.29 is 4.79 Å². The quantitative estimate of drug-likeness (QED) is 0.783. The fourth-order valence-corrected chi connectivity index (χ4v) is 1.87. The molecule has 4 nitrogen and oxygen atoms in total. The third-order valence-corrected chi connectivity index (χ3v) is 3.07. The molecule has 1 heterocycles. The molecule has 106 valence electrons. The maximum absolute atomic E-state index is 12.5. The molecule has 0 aliphatic rings. The lowest BCUT2D eigenvalue weighted by atomic mass is 10.2. The topological polar surface area (TPSA) is 45.2 Å². The van der Waals surface area contributed by atoms with Gasteiger partial charge in [0.15, 0.2) is 0 Å². The van der Waals surface area contributed by atoms with E-state index in [-0.39, 0.29) is 5.91 Å². The zero-order valence-electron chi connectivity index (χ0n) is 12.3. The summed E-state index contributed by atoms with van der Waals surface area (Å²) in [5.41, 5.74) is 0.527. The number of hydrogen-bond donors (Lipinski definition) is 1. The van der Waals surface area contributed by atoms with Crippen LogP contribution in [0.2, 0.25) is 0 Å². The van der Waals surface area contributed by atoms with Crippen molar-refractivity contribution in [2.75, 3.05) is 25.5 Å². The number of pyridine rings is 1. The van der Waals surface area contributed by atoms with Crippen molar-refractivity contribution in [2.45, 2.75) is 39.5 Å². The Labute approximate surface area is 116 Å². The molecule has 4 heteroatoms. The van der Waals surface area contributed by atoms with Crippen LogP contribution in [0.15, 0.2) is 18.2 Å². The van der Waals surface area contributed by atoms with Crippen LogP contribution in [0.4, 0.5) is 5.82 Å². The van der Waals surface area contributed by atoms with Gasteiger partial charge in [-0.1, -0.05) is 32.8 Å². The average molecular weight is 263 g/mol. The van der Waals surface area contributed by atoms with Gasteiger partial charge in [0.25, 0.3) is 5.91 Å². The van der Waals surface area contributed by atoms with Crippen LogP contribution in [0.25, 0.3) is 0 Å². The smallest absolute Gasteiger partial charge is 0.272 e. The Kier molecular flexibility index (Phi) is 6.93. The number of amides is 1. The Morgan fingerprint density at radius 1 is 1.21 bits per heavy atom. The summed E-state index contributed by atoms with van der Waals surface area (Å²) in [6.45, 7) is 5.92. The van der Waals surface area contributed by atoms with Gasteiger partial charge in [-0.25, -0.2) is 4.98 Å². The molecule has 0 saturated heterocycles. The third kappa shape index (κ3) is 4.89. The first-order valence-electron chi connectivity index (χ1n) is 7.17. The molecule has 0 aliphatic carbocycles. The maximum atomic E-state index is 12.5. The zero-order valence-corrected chi connectivity index (χ0v) is 12.3. The van der Waals surface area contributed by atoms with E-state index in [0.717, 1.165) is 44.6 Å². The van der Waals surface area contributed by atoms with Crippen molar-refractivity contribution in [3.63, 3.8) is 0 Å². The van der Waals surface area contributed by atoms with Gasteiger partial charge in [0.1, 0.15) is 11.5 Å². The second-order valence-electron chi connectivity index (χ2n) is 4.66. The lowest BCUT2D eigenvalue weighted by Gasteiger charge is -2.22. The number of nitrogens with one attached hydrogen (secondary N) is 1. The summed E-state index contributed by atoms with van der Waals surface area (Å²) < 4.78 is 0. The maximum Gasteiger partial charge on any atom is 0.272 e. The van der Waals surface area contributed by atoms with E-state index in [4.69, 9.17) is 0 Å². The summed E-state index contributed by atoms with van der Waals surface area (Å²) in [5.74, 6) is 0.774. The first kappa shape index (κ1) is 15.5. The van der Waals surface area contributed by atoms with Crippen molar-refractivity contribution >= 4 is 11.7 Å². The first-order valence-corrected chi connectivity index (χ1v) is 7.17. The summed E-state index contributed by atoms with van der Waals surface area (Å²) in [4.78, 5) is 18.7. The molecule has 1 N–H and O–H groups in total. The van der Waals surface area contributed by atoms with E-state index >= 15 is 0 Å². The minimum Gasteiger partial charge on any atom is -0.373 e. The largest absolute Gasteiger partial charge is 0.373 e. The van der Waals surface area contributed by atoms with E-state index in [1.54, 1.807) is 6.07 Å². The van der Waals surface area contributed by atoms with E-state index in [1.165, 1.54) is 0 Å². The number of aromatic nitrogens is 1. The van der Waals surface area contributed by atoms with Gasteiger partial charge >= 0.3 is 0 Å². The Balaban J connectivity index is 2.77. The predicted octanol–water partition coefficient (Wildman–Crippen LogP) is 3.17. The molecule has 1 aromatic heterocycles. The monoisotopic (exact) mass is 263 g/mol. The lowest BCUT2D eigenvalue weighted by Crippen LogP contribution is -2.33.